The summed E-state index contributed by atoms with van der Waals surface area (Å²) in [5.41, 5.74) is 2.74. The Hall–Kier alpha value is -3.42. The van der Waals surface area contributed by atoms with Gasteiger partial charge in [0.2, 0.25) is 10.0 Å². The number of nitrogens with zero attached hydrogens (tertiary/aromatic N) is 5. The number of para-hydroxylation sites is 1. The lowest BCUT2D eigenvalue weighted by molar-refractivity contribution is 0.0730. The van der Waals surface area contributed by atoms with Crippen molar-refractivity contribution in [2.24, 2.45) is 4.99 Å². The Kier molecular flexibility index (Phi) is 7.04. The van der Waals surface area contributed by atoms with Crippen molar-refractivity contribution >= 4 is 60.9 Å². The highest BCUT2D eigenvalue weighted by atomic mass is 32.2. The standard InChI is InChI=1S/C27H23N5O4S3/c1-18-6-5-11-32-24(18)30-25(38-27-29-22-9-2-3-10-23(22)37-27)21(26(32)33)17-28-19-7-4-8-20(16-19)39(34,35)31-12-14-36-15-13-31/h2-11,16-17H,12-15H2,1H3. The van der Waals surface area contributed by atoms with Crippen molar-refractivity contribution in [3.8, 4) is 0 Å². The molecule has 1 saturated heterocycles. The van der Waals surface area contributed by atoms with Crippen LogP contribution in [0.2, 0.25) is 0 Å². The van der Waals surface area contributed by atoms with Gasteiger partial charge in [-0.1, -0.05) is 24.3 Å². The van der Waals surface area contributed by atoms with Crippen molar-refractivity contribution < 1.29 is 13.2 Å². The summed E-state index contributed by atoms with van der Waals surface area (Å²) in [5.74, 6) is 0. The molecule has 0 spiro atoms. The monoisotopic (exact) mass is 577 g/mol. The van der Waals surface area contributed by atoms with Crippen molar-refractivity contribution in [3.63, 3.8) is 0 Å². The van der Waals surface area contributed by atoms with E-state index >= 15 is 0 Å². The molecule has 0 unspecified atom stereocenters. The maximum atomic E-state index is 13.6. The first-order chi connectivity index (χ1) is 18.9. The van der Waals surface area contributed by atoms with E-state index in [1.165, 1.54) is 44.1 Å². The van der Waals surface area contributed by atoms with Gasteiger partial charge in [-0.2, -0.15) is 4.31 Å². The third kappa shape index (κ3) is 5.13. The highest BCUT2D eigenvalue weighted by molar-refractivity contribution is 8.01. The van der Waals surface area contributed by atoms with Crippen LogP contribution in [0.4, 0.5) is 5.69 Å². The predicted molar refractivity (Wildman–Crippen MR) is 153 cm³/mol. The number of rotatable bonds is 6. The number of fused-ring (bicyclic) bond motifs is 2. The van der Waals surface area contributed by atoms with E-state index < -0.39 is 10.0 Å². The lowest BCUT2D eigenvalue weighted by Crippen LogP contribution is -2.40. The summed E-state index contributed by atoms with van der Waals surface area (Å²) in [7, 11) is -3.68. The number of hydrogen-bond donors (Lipinski definition) is 0. The smallest absolute Gasteiger partial charge is 0.267 e. The van der Waals surface area contributed by atoms with Gasteiger partial charge in [0.15, 0.2) is 4.34 Å². The Morgan fingerprint density at radius 2 is 1.87 bits per heavy atom. The van der Waals surface area contributed by atoms with Gasteiger partial charge in [-0.3, -0.25) is 14.2 Å². The van der Waals surface area contributed by atoms with E-state index in [0.29, 0.717) is 48.2 Å². The summed E-state index contributed by atoms with van der Waals surface area (Å²) in [6.07, 6.45) is 3.14. The molecule has 12 heteroatoms. The largest absolute Gasteiger partial charge is 0.379 e. The zero-order valence-corrected chi connectivity index (χ0v) is 23.3. The van der Waals surface area contributed by atoms with Gasteiger partial charge in [-0.15, -0.1) is 11.3 Å². The van der Waals surface area contributed by atoms with Crippen LogP contribution in [-0.2, 0) is 14.8 Å². The van der Waals surface area contributed by atoms with E-state index in [9.17, 15) is 13.2 Å². The first-order valence-electron chi connectivity index (χ1n) is 12.2. The van der Waals surface area contributed by atoms with E-state index in [2.05, 4.69) is 4.99 Å². The molecule has 0 radical (unpaired) electrons. The molecule has 1 aliphatic rings. The number of aryl methyl sites for hydroxylation is 1. The number of ether oxygens (including phenoxy) is 1. The molecule has 2 aromatic carbocycles. The average molecular weight is 578 g/mol. The van der Waals surface area contributed by atoms with Crippen LogP contribution in [0.5, 0.6) is 0 Å². The molecule has 0 amide bonds. The predicted octanol–water partition coefficient (Wildman–Crippen LogP) is 4.54. The molecule has 1 fully saturated rings. The first kappa shape index (κ1) is 25.8. The van der Waals surface area contributed by atoms with Crippen molar-refractivity contribution in [3.05, 3.63) is 88.3 Å². The Bertz CT molecular complexity index is 1860. The highest BCUT2D eigenvalue weighted by Crippen LogP contribution is 2.34. The molecule has 0 atom stereocenters. The number of pyridine rings is 1. The quantitative estimate of drug-likeness (QED) is 0.216. The molecule has 4 heterocycles. The number of aliphatic imine (C=N–C) groups is 1. The second-order valence-corrected chi connectivity index (χ2v) is 13.0. The third-order valence-electron chi connectivity index (χ3n) is 6.28. The molecule has 39 heavy (non-hydrogen) atoms. The molecule has 3 aromatic heterocycles. The zero-order valence-electron chi connectivity index (χ0n) is 20.9. The van der Waals surface area contributed by atoms with Crippen molar-refractivity contribution in [1.82, 2.24) is 18.7 Å². The molecule has 1 aliphatic heterocycles. The molecule has 0 saturated carbocycles. The van der Waals surface area contributed by atoms with Crippen molar-refractivity contribution in [1.29, 1.82) is 0 Å². The van der Waals surface area contributed by atoms with Crippen LogP contribution in [-0.4, -0.2) is 59.6 Å². The second kappa shape index (κ2) is 10.6. The number of thiazole rings is 1. The first-order valence-corrected chi connectivity index (χ1v) is 15.2. The van der Waals surface area contributed by atoms with Gasteiger partial charge in [-0.05, 0) is 60.6 Å². The average Bonchev–Trinajstić information content (AvgIpc) is 3.36. The van der Waals surface area contributed by atoms with Crippen LogP contribution >= 0.6 is 23.1 Å². The fourth-order valence-corrected chi connectivity index (χ4v) is 7.77. The number of benzene rings is 2. The van der Waals surface area contributed by atoms with E-state index in [0.717, 1.165) is 20.1 Å². The Balaban J connectivity index is 1.40. The Morgan fingerprint density at radius 1 is 1.05 bits per heavy atom. The molecule has 5 aromatic rings. The molecular weight excluding hydrogens is 555 g/mol. The number of morpholine rings is 1. The van der Waals surface area contributed by atoms with E-state index in [-0.39, 0.29) is 10.5 Å². The molecule has 0 bridgehead atoms. The summed E-state index contributed by atoms with van der Waals surface area (Å²) in [4.78, 5) is 27.8. The lowest BCUT2D eigenvalue weighted by atomic mass is 10.2. The Morgan fingerprint density at radius 3 is 2.69 bits per heavy atom. The summed E-state index contributed by atoms with van der Waals surface area (Å²) in [6, 6.07) is 18.0. The van der Waals surface area contributed by atoms with Crippen LogP contribution in [0.25, 0.3) is 15.9 Å². The summed E-state index contributed by atoms with van der Waals surface area (Å²) < 4.78 is 36.2. The molecule has 198 valence electrons. The van der Waals surface area contributed by atoms with Gasteiger partial charge in [-0.25, -0.2) is 18.4 Å². The normalized spacial score (nSPS) is 15.0. The van der Waals surface area contributed by atoms with E-state index in [1.54, 1.807) is 30.5 Å². The third-order valence-corrected chi connectivity index (χ3v) is 10.3. The maximum absolute atomic E-state index is 13.6. The molecule has 6 rings (SSSR count). The lowest BCUT2D eigenvalue weighted by Gasteiger charge is -2.26. The summed E-state index contributed by atoms with van der Waals surface area (Å²) in [5, 5.41) is 0.481. The topological polar surface area (TPSA) is 106 Å². The number of aromatic nitrogens is 3. The van der Waals surface area contributed by atoms with Gasteiger partial charge in [0, 0.05) is 25.5 Å². The highest BCUT2D eigenvalue weighted by Gasteiger charge is 2.26. The van der Waals surface area contributed by atoms with Crippen LogP contribution in [0.1, 0.15) is 11.1 Å². The van der Waals surface area contributed by atoms with Crippen LogP contribution in [0, 0.1) is 6.92 Å². The SMILES string of the molecule is Cc1cccn2c(=O)c(C=Nc3cccc(S(=O)(=O)N4CCOCC4)c3)c(Sc3nc4ccccc4s3)nc12. The van der Waals surface area contributed by atoms with Gasteiger partial charge in [0.25, 0.3) is 5.56 Å². The van der Waals surface area contributed by atoms with E-state index in [4.69, 9.17) is 14.7 Å². The van der Waals surface area contributed by atoms with Crippen LogP contribution in [0.3, 0.4) is 0 Å². The van der Waals surface area contributed by atoms with Gasteiger partial charge in [0.05, 0.1) is 39.6 Å². The minimum Gasteiger partial charge on any atom is -0.379 e. The number of sulfonamides is 1. The zero-order chi connectivity index (χ0) is 27.0. The van der Waals surface area contributed by atoms with Crippen LogP contribution in [0.15, 0.2) is 90.9 Å². The molecule has 0 N–H and O–H groups in total. The summed E-state index contributed by atoms with van der Waals surface area (Å²) >= 11 is 2.84. The molecule has 9 nitrogen and oxygen atoms in total. The molecule has 0 aliphatic carbocycles. The minimum absolute atomic E-state index is 0.145. The van der Waals surface area contributed by atoms with Gasteiger partial charge in [0.1, 0.15) is 10.7 Å². The fourth-order valence-electron chi connectivity index (χ4n) is 4.26. The fraction of sp³-hybridized carbons (Fsp3) is 0.185. The van der Waals surface area contributed by atoms with Gasteiger partial charge < -0.3 is 4.74 Å². The van der Waals surface area contributed by atoms with Crippen molar-refractivity contribution in [2.45, 2.75) is 21.2 Å². The minimum atomic E-state index is -3.68. The van der Waals surface area contributed by atoms with E-state index in [1.807, 2.05) is 37.3 Å². The van der Waals surface area contributed by atoms with Crippen LogP contribution < -0.4 is 5.56 Å². The second-order valence-electron chi connectivity index (χ2n) is 8.84. The van der Waals surface area contributed by atoms with Crippen molar-refractivity contribution in [2.75, 3.05) is 26.3 Å². The van der Waals surface area contributed by atoms with Gasteiger partial charge >= 0.3 is 0 Å². The molecular formula is C27H23N5O4S3. The summed E-state index contributed by atoms with van der Waals surface area (Å²) in [6.45, 7) is 3.25. The maximum Gasteiger partial charge on any atom is 0.267 e. The number of hydrogen-bond acceptors (Lipinski definition) is 9. The Labute approximate surface area is 232 Å².